The quantitative estimate of drug-likeness (QED) is 0.661. The maximum absolute atomic E-state index is 9.63. The van der Waals surface area contributed by atoms with Crippen molar-refractivity contribution in [1.82, 2.24) is 4.90 Å². The molecule has 0 amide bonds. The van der Waals surface area contributed by atoms with Crippen molar-refractivity contribution in [2.45, 2.75) is 32.6 Å². The zero-order valence-electron chi connectivity index (χ0n) is 14.9. The van der Waals surface area contributed by atoms with Gasteiger partial charge < -0.3 is 19.1 Å². The fourth-order valence-electron chi connectivity index (χ4n) is 2.71. The molecule has 5 heteroatoms. The molecule has 0 radical (unpaired) electrons. The van der Waals surface area contributed by atoms with Crippen molar-refractivity contribution in [3.8, 4) is 23.3 Å². The van der Waals surface area contributed by atoms with E-state index < -0.39 is 0 Å². The second-order valence-electron chi connectivity index (χ2n) is 5.44. The summed E-state index contributed by atoms with van der Waals surface area (Å²) in [5.41, 5.74) is 0.888. The standard InChI is InChI=1S/C18H28N2O3/c1-6-8-20(9-7-2)13-15(12-19)14-10-16(21-3)18(23-5)17(11-14)22-4/h10-11,15H,6-9,13H2,1-5H3. The van der Waals surface area contributed by atoms with Crippen LogP contribution in [0.25, 0.3) is 0 Å². The molecule has 0 aliphatic carbocycles. The zero-order chi connectivity index (χ0) is 17.2. The smallest absolute Gasteiger partial charge is 0.203 e. The molecular formula is C18H28N2O3. The molecule has 128 valence electrons. The fourth-order valence-corrected chi connectivity index (χ4v) is 2.71. The first-order chi connectivity index (χ1) is 11.1. The molecule has 0 aliphatic heterocycles. The van der Waals surface area contributed by atoms with Gasteiger partial charge in [0.2, 0.25) is 5.75 Å². The van der Waals surface area contributed by atoms with Gasteiger partial charge in [-0.2, -0.15) is 5.26 Å². The fraction of sp³-hybridized carbons (Fsp3) is 0.611. The van der Waals surface area contributed by atoms with Crippen LogP contribution in [0.3, 0.4) is 0 Å². The van der Waals surface area contributed by atoms with E-state index in [-0.39, 0.29) is 5.92 Å². The van der Waals surface area contributed by atoms with Crippen LogP contribution in [0.1, 0.15) is 38.2 Å². The third-order valence-corrected chi connectivity index (χ3v) is 3.77. The summed E-state index contributed by atoms with van der Waals surface area (Å²) in [5.74, 6) is 1.48. The lowest BCUT2D eigenvalue weighted by Crippen LogP contribution is -2.30. The van der Waals surface area contributed by atoms with Gasteiger partial charge in [0.15, 0.2) is 11.5 Å². The van der Waals surface area contributed by atoms with E-state index in [0.29, 0.717) is 23.8 Å². The first-order valence-corrected chi connectivity index (χ1v) is 8.06. The maximum Gasteiger partial charge on any atom is 0.203 e. The van der Waals surface area contributed by atoms with Crippen LogP contribution in [0, 0.1) is 11.3 Å². The second kappa shape index (κ2) is 9.96. The Morgan fingerprint density at radius 1 is 1.00 bits per heavy atom. The Hall–Kier alpha value is -1.93. The normalized spacial score (nSPS) is 11.9. The number of hydrogen-bond acceptors (Lipinski definition) is 5. The lowest BCUT2D eigenvalue weighted by Gasteiger charge is -2.24. The first-order valence-electron chi connectivity index (χ1n) is 8.06. The highest BCUT2D eigenvalue weighted by Gasteiger charge is 2.20. The molecule has 0 aliphatic rings. The van der Waals surface area contributed by atoms with Crippen molar-refractivity contribution in [2.24, 2.45) is 0 Å². The summed E-state index contributed by atoms with van der Waals surface area (Å²) < 4.78 is 16.1. The summed E-state index contributed by atoms with van der Waals surface area (Å²) in [7, 11) is 4.75. The minimum absolute atomic E-state index is 0.234. The number of hydrogen-bond donors (Lipinski definition) is 0. The van der Waals surface area contributed by atoms with Crippen LogP contribution >= 0.6 is 0 Å². The summed E-state index contributed by atoms with van der Waals surface area (Å²) in [6.45, 7) is 7.01. The van der Waals surface area contributed by atoms with E-state index in [9.17, 15) is 5.26 Å². The Morgan fingerprint density at radius 3 is 1.87 bits per heavy atom. The van der Waals surface area contributed by atoms with E-state index in [0.717, 1.165) is 31.5 Å². The highest BCUT2D eigenvalue weighted by atomic mass is 16.5. The first kappa shape index (κ1) is 19.1. The average Bonchev–Trinajstić information content (AvgIpc) is 2.58. The van der Waals surface area contributed by atoms with Crippen LogP contribution in [-0.2, 0) is 0 Å². The topological polar surface area (TPSA) is 54.7 Å². The summed E-state index contributed by atoms with van der Waals surface area (Å²) in [6.07, 6.45) is 2.15. The van der Waals surface area contributed by atoms with Gasteiger partial charge in [0, 0.05) is 6.54 Å². The van der Waals surface area contributed by atoms with Crippen LogP contribution in [0.2, 0.25) is 0 Å². The lowest BCUT2D eigenvalue weighted by atomic mass is 9.98. The van der Waals surface area contributed by atoms with E-state index in [2.05, 4.69) is 24.8 Å². The molecule has 5 nitrogen and oxygen atoms in total. The van der Waals surface area contributed by atoms with Gasteiger partial charge in [-0.15, -0.1) is 0 Å². The van der Waals surface area contributed by atoms with Crippen LogP contribution in [0.5, 0.6) is 17.2 Å². The highest BCUT2D eigenvalue weighted by Crippen LogP contribution is 2.40. The molecule has 0 saturated carbocycles. The SMILES string of the molecule is CCCN(CCC)CC(C#N)c1cc(OC)c(OC)c(OC)c1. The molecular weight excluding hydrogens is 292 g/mol. The summed E-state index contributed by atoms with van der Waals surface area (Å²) in [6, 6.07) is 6.14. The number of nitriles is 1. The molecule has 0 aromatic heterocycles. The van der Waals surface area contributed by atoms with Gasteiger partial charge in [-0.25, -0.2) is 0 Å². The number of rotatable bonds is 10. The summed E-state index contributed by atoms with van der Waals surface area (Å²) >= 11 is 0. The minimum Gasteiger partial charge on any atom is -0.493 e. The van der Waals surface area contributed by atoms with Crippen molar-refractivity contribution in [1.29, 1.82) is 5.26 Å². The Labute approximate surface area is 139 Å². The van der Waals surface area contributed by atoms with E-state index in [1.165, 1.54) is 0 Å². The average molecular weight is 320 g/mol. The maximum atomic E-state index is 9.63. The van der Waals surface area contributed by atoms with E-state index in [1.54, 1.807) is 21.3 Å². The van der Waals surface area contributed by atoms with Gasteiger partial charge in [0.1, 0.15) is 0 Å². The predicted octanol–water partition coefficient (Wildman–Crippen LogP) is 3.44. The summed E-state index contributed by atoms with van der Waals surface area (Å²) in [4.78, 5) is 2.33. The van der Waals surface area contributed by atoms with Crippen molar-refractivity contribution < 1.29 is 14.2 Å². The van der Waals surface area contributed by atoms with Crippen LogP contribution in [0.4, 0.5) is 0 Å². The highest BCUT2D eigenvalue weighted by molar-refractivity contribution is 5.55. The molecule has 1 atom stereocenters. The Kier molecular flexibility index (Phi) is 8.28. The minimum atomic E-state index is -0.234. The van der Waals surface area contributed by atoms with Gasteiger partial charge in [-0.1, -0.05) is 13.8 Å². The van der Waals surface area contributed by atoms with Crippen molar-refractivity contribution in [3.05, 3.63) is 17.7 Å². The molecule has 0 heterocycles. The Morgan fingerprint density at radius 2 is 1.52 bits per heavy atom. The van der Waals surface area contributed by atoms with E-state index >= 15 is 0 Å². The predicted molar refractivity (Wildman–Crippen MR) is 91.5 cm³/mol. The van der Waals surface area contributed by atoms with Gasteiger partial charge in [-0.3, -0.25) is 0 Å². The number of benzene rings is 1. The number of ether oxygens (including phenoxy) is 3. The number of methoxy groups -OCH3 is 3. The zero-order valence-corrected chi connectivity index (χ0v) is 14.9. The van der Waals surface area contributed by atoms with Crippen molar-refractivity contribution in [2.75, 3.05) is 41.0 Å². The van der Waals surface area contributed by atoms with Crippen molar-refractivity contribution in [3.63, 3.8) is 0 Å². The Balaban J connectivity index is 3.12. The van der Waals surface area contributed by atoms with E-state index in [1.807, 2.05) is 12.1 Å². The van der Waals surface area contributed by atoms with Gasteiger partial charge in [0.25, 0.3) is 0 Å². The largest absolute Gasteiger partial charge is 0.493 e. The van der Waals surface area contributed by atoms with Crippen LogP contribution in [-0.4, -0.2) is 45.9 Å². The molecule has 1 rings (SSSR count). The second-order valence-corrected chi connectivity index (χ2v) is 5.44. The van der Waals surface area contributed by atoms with Crippen LogP contribution < -0.4 is 14.2 Å². The molecule has 0 bridgehead atoms. The molecule has 0 fully saturated rings. The third-order valence-electron chi connectivity index (χ3n) is 3.77. The molecule has 1 aromatic rings. The molecule has 0 saturated heterocycles. The van der Waals surface area contributed by atoms with Gasteiger partial charge in [-0.05, 0) is 43.6 Å². The molecule has 1 aromatic carbocycles. The number of nitrogens with zero attached hydrogens (tertiary/aromatic N) is 2. The Bertz CT molecular complexity index is 494. The monoisotopic (exact) mass is 320 g/mol. The molecule has 1 unspecified atom stereocenters. The third kappa shape index (κ3) is 5.04. The van der Waals surface area contributed by atoms with E-state index in [4.69, 9.17) is 14.2 Å². The summed E-state index contributed by atoms with van der Waals surface area (Å²) in [5, 5.41) is 9.63. The van der Waals surface area contributed by atoms with Crippen molar-refractivity contribution >= 4 is 0 Å². The molecule has 0 spiro atoms. The van der Waals surface area contributed by atoms with Crippen LogP contribution in [0.15, 0.2) is 12.1 Å². The van der Waals surface area contributed by atoms with Gasteiger partial charge in [0.05, 0.1) is 33.3 Å². The molecule has 23 heavy (non-hydrogen) atoms. The molecule has 0 N–H and O–H groups in total. The lowest BCUT2D eigenvalue weighted by molar-refractivity contribution is 0.269. The van der Waals surface area contributed by atoms with Gasteiger partial charge >= 0.3 is 0 Å².